The number of nitrogens with zero attached hydrogens (tertiary/aromatic N) is 2. The molecule has 0 heterocycles. The molecule has 0 saturated heterocycles. The fourth-order valence-corrected chi connectivity index (χ4v) is 1.55. The highest BCUT2D eigenvalue weighted by Gasteiger charge is 2.13. The van der Waals surface area contributed by atoms with Gasteiger partial charge in [0.1, 0.15) is 5.69 Å². The summed E-state index contributed by atoms with van der Waals surface area (Å²) in [5.41, 5.74) is 0.636. The molecule has 19 heavy (non-hydrogen) atoms. The molecule has 102 valence electrons. The number of benzene rings is 1. The van der Waals surface area contributed by atoms with Crippen LogP contribution in [0.15, 0.2) is 18.2 Å². The Hall–Kier alpha value is -2.13. The molecule has 0 saturated carbocycles. The van der Waals surface area contributed by atoms with Crippen molar-refractivity contribution >= 4 is 11.4 Å². The fourth-order valence-electron chi connectivity index (χ4n) is 1.55. The van der Waals surface area contributed by atoms with Crippen LogP contribution in [0.2, 0.25) is 0 Å². The van der Waals surface area contributed by atoms with Crippen LogP contribution in [0.4, 0.5) is 11.4 Å². The lowest BCUT2D eigenvalue weighted by molar-refractivity contribution is -0.384. The number of nitrogens with one attached hydrogen (secondary N) is 1. The molecule has 1 rings (SSSR count). The van der Waals surface area contributed by atoms with Crippen LogP contribution in [0.25, 0.3) is 0 Å². The van der Waals surface area contributed by atoms with Gasteiger partial charge < -0.3 is 10.1 Å². The Bertz CT molecular complexity index is 469. The van der Waals surface area contributed by atoms with Gasteiger partial charge in [0, 0.05) is 25.8 Å². The van der Waals surface area contributed by atoms with Gasteiger partial charge in [0.2, 0.25) is 0 Å². The molecule has 0 amide bonds. The van der Waals surface area contributed by atoms with Crippen LogP contribution in [0.5, 0.6) is 0 Å². The molecule has 6 nitrogen and oxygen atoms in total. The highest BCUT2D eigenvalue weighted by Crippen LogP contribution is 2.25. The monoisotopic (exact) mass is 263 g/mol. The number of nitriles is 1. The van der Waals surface area contributed by atoms with Crippen LogP contribution in [-0.2, 0) is 4.74 Å². The Morgan fingerprint density at radius 3 is 2.89 bits per heavy atom. The summed E-state index contributed by atoms with van der Waals surface area (Å²) in [4.78, 5) is 10.4. The molecule has 6 heteroatoms. The number of ether oxygens (including phenoxy) is 1. The van der Waals surface area contributed by atoms with Crippen LogP contribution in [0.1, 0.15) is 25.3 Å². The Morgan fingerprint density at radius 2 is 2.26 bits per heavy atom. The van der Waals surface area contributed by atoms with E-state index in [1.165, 1.54) is 6.07 Å². The molecule has 0 aliphatic carbocycles. The number of hydrogen-bond acceptors (Lipinski definition) is 5. The number of rotatable bonds is 8. The third-order valence-electron chi connectivity index (χ3n) is 2.45. The Morgan fingerprint density at radius 1 is 1.47 bits per heavy atom. The predicted molar refractivity (Wildman–Crippen MR) is 72.0 cm³/mol. The van der Waals surface area contributed by atoms with Crippen molar-refractivity contribution in [2.45, 2.75) is 19.8 Å². The van der Waals surface area contributed by atoms with Gasteiger partial charge in [-0.2, -0.15) is 5.26 Å². The molecule has 0 aliphatic rings. The van der Waals surface area contributed by atoms with Crippen molar-refractivity contribution in [1.82, 2.24) is 0 Å². The van der Waals surface area contributed by atoms with Gasteiger partial charge in [-0.3, -0.25) is 10.1 Å². The zero-order valence-electron chi connectivity index (χ0n) is 10.9. The zero-order valence-corrected chi connectivity index (χ0v) is 10.9. The largest absolute Gasteiger partial charge is 0.381 e. The van der Waals surface area contributed by atoms with E-state index < -0.39 is 4.92 Å². The number of nitro groups is 1. The van der Waals surface area contributed by atoms with Gasteiger partial charge in [0.25, 0.3) is 5.69 Å². The molecule has 1 aromatic rings. The van der Waals surface area contributed by atoms with Crippen molar-refractivity contribution in [3.05, 3.63) is 33.9 Å². The molecule has 1 N–H and O–H groups in total. The molecular weight excluding hydrogens is 246 g/mol. The first-order valence-electron chi connectivity index (χ1n) is 6.19. The Balaban J connectivity index is 2.53. The number of hydrogen-bond donors (Lipinski definition) is 1. The zero-order chi connectivity index (χ0) is 14.1. The van der Waals surface area contributed by atoms with E-state index in [2.05, 4.69) is 5.32 Å². The smallest absolute Gasteiger partial charge is 0.293 e. The summed E-state index contributed by atoms with van der Waals surface area (Å²) in [6, 6.07) is 6.28. The van der Waals surface area contributed by atoms with Gasteiger partial charge >= 0.3 is 0 Å². The van der Waals surface area contributed by atoms with E-state index in [1.807, 2.05) is 13.0 Å². The Kier molecular flexibility index (Phi) is 6.33. The average Bonchev–Trinajstić information content (AvgIpc) is 2.42. The van der Waals surface area contributed by atoms with E-state index in [1.54, 1.807) is 12.1 Å². The van der Waals surface area contributed by atoms with Gasteiger partial charge in [0.15, 0.2) is 0 Å². The molecule has 0 bridgehead atoms. The first-order chi connectivity index (χ1) is 9.19. The first-order valence-corrected chi connectivity index (χ1v) is 6.19. The standard InChI is InChI=1S/C13H17N3O3/c1-2-7-19-8-3-6-15-12-5-4-11(10-14)9-13(12)16(17)18/h4-5,9,15H,2-3,6-8H2,1H3. The molecular formula is C13H17N3O3. The third-order valence-corrected chi connectivity index (χ3v) is 2.45. The third kappa shape index (κ3) is 4.94. The highest BCUT2D eigenvalue weighted by molar-refractivity contribution is 5.63. The SMILES string of the molecule is CCCOCCCNc1ccc(C#N)cc1[N+](=O)[O-]. The van der Waals surface area contributed by atoms with Gasteiger partial charge in [0.05, 0.1) is 16.6 Å². The van der Waals surface area contributed by atoms with Gasteiger partial charge in [-0.25, -0.2) is 0 Å². The van der Waals surface area contributed by atoms with E-state index in [-0.39, 0.29) is 11.3 Å². The summed E-state index contributed by atoms with van der Waals surface area (Å²) >= 11 is 0. The summed E-state index contributed by atoms with van der Waals surface area (Å²) in [7, 11) is 0. The van der Waals surface area contributed by atoms with E-state index >= 15 is 0 Å². The molecule has 0 unspecified atom stereocenters. The molecule has 0 radical (unpaired) electrons. The Labute approximate surface area is 112 Å². The van der Waals surface area contributed by atoms with Crippen molar-refractivity contribution in [2.75, 3.05) is 25.1 Å². The highest BCUT2D eigenvalue weighted by atomic mass is 16.6. The van der Waals surface area contributed by atoms with E-state index in [9.17, 15) is 10.1 Å². The van der Waals surface area contributed by atoms with Crippen LogP contribution < -0.4 is 5.32 Å². The van der Waals surface area contributed by atoms with Crippen molar-refractivity contribution < 1.29 is 9.66 Å². The van der Waals surface area contributed by atoms with E-state index in [4.69, 9.17) is 10.00 Å². The summed E-state index contributed by atoms with van der Waals surface area (Å²) in [5, 5.41) is 22.6. The van der Waals surface area contributed by atoms with Crippen LogP contribution in [-0.4, -0.2) is 24.7 Å². The molecule has 0 fully saturated rings. The first kappa shape index (κ1) is 14.9. The normalized spacial score (nSPS) is 9.89. The molecule has 0 aliphatic heterocycles. The maximum Gasteiger partial charge on any atom is 0.293 e. The van der Waals surface area contributed by atoms with E-state index in [0.29, 0.717) is 18.8 Å². The summed E-state index contributed by atoms with van der Waals surface area (Å²) in [6.07, 6.45) is 1.76. The topological polar surface area (TPSA) is 88.2 Å². The minimum absolute atomic E-state index is 0.0754. The fraction of sp³-hybridized carbons (Fsp3) is 0.462. The van der Waals surface area contributed by atoms with Crippen molar-refractivity contribution in [2.24, 2.45) is 0 Å². The summed E-state index contributed by atoms with van der Waals surface area (Å²) in [6.45, 7) is 4.00. The van der Waals surface area contributed by atoms with Gasteiger partial charge in [-0.05, 0) is 25.0 Å². The molecule has 0 spiro atoms. The minimum atomic E-state index is -0.489. The lowest BCUT2D eigenvalue weighted by Gasteiger charge is -2.07. The lowest BCUT2D eigenvalue weighted by atomic mass is 10.2. The second-order valence-electron chi connectivity index (χ2n) is 3.99. The van der Waals surface area contributed by atoms with Crippen molar-refractivity contribution in [1.29, 1.82) is 5.26 Å². The van der Waals surface area contributed by atoms with Crippen molar-refractivity contribution in [3.63, 3.8) is 0 Å². The second kappa shape index (κ2) is 8.06. The quantitative estimate of drug-likeness (QED) is 0.442. The maximum atomic E-state index is 10.9. The van der Waals surface area contributed by atoms with Crippen LogP contribution in [0, 0.1) is 21.4 Å². The van der Waals surface area contributed by atoms with Crippen LogP contribution >= 0.6 is 0 Å². The minimum Gasteiger partial charge on any atom is -0.381 e. The van der Waals surface area contributed by atoms with Crippen LogP contribution in [0.3, 0.4) is 0 Å². The predicted octanol–water partition coefficient (Wildman–Crippen LogP) is 2.70. The number of nitro benzene ring substituents is 1. The van der Waals surface area contributed by atoms with Gasteiger partial charge in [-0.15, -0.1) is 0 Å². The molecule has 1 aromatic carbocycles. The maximum absolute atomic E-state index is 10.9. The van der Waals surface area contributed by atoms with Crippen molar-refractivity contribution in [3.8, 4) is 6.07 Å². The summed E-state index contributed by atoms with van der Waals surface area (Å²) in [5.74, 6) is 0. The number of anilines is 1. The molecule has 0 atom stereocenters. The summed E-state index contributed by atoms with van der Waals surface area (Å²) < 4.78 is 5.32. The van der Waals surface area contributed by atoms with Gasteiger partial charge in [-0.1, -0.05) is 6.92 Å². The lowest BCUT2D eigenvalue weighted by Crippen LogP contribution is -2.07. The molecule has 0 aromatic heterocycles. The second-order valence-corrected chi connectivity index (χ2v) is 3.99. The average molecular weight is 263 g/mol. The van der Waals surface area contributed by atoms with E-state index in [0.717, 1.165) is 19.4 Å².